The molecule has 2 aromatic carbocycles. The van der Waals surface area contributed by atoms with Gasteiger partial charge in [-0.1, -0.05) is 48.0 Å². The molecule has 0 unspecified atom stereocenters. The predicted molar refractivity (Wildman–Crippen MR) is 109 cm³/mol. The maximum Gasteiger partial charge on any atom is 0.257 e. The normalized spacial score (nSPS) is 10.3. The van der Waals surface area contributed by atoms with Gasteiger partial charge in [0.15, 0.2) is 0 Å². The lowest BCUT2D eigenvalue weighted by molar-refractivity contribution is 0.0762. The van der Waals surface area contributed by atoms with Crippen molar-refractivity contribution in [2.24, 2.45) is 0 Å². The minimum Gasteiger partial charge on any atom is -0.331 e. The van der Waals surface area contributed by atoms with Crippen LogP contribution in [0.5, 0.6) is 0 Å². The molecule has 1 amide bonds. The van der Waals surface area contributed by atoms with E-state index in [9.17, 15) is 4.79 Å². The summed E-state index contributed by atoms with van der Waals surface area (Å²) >= 11 is 6.20. The first kappa shape index (κ1) is 19.4. The van der Waals surface area contributed by atoms with Crippen molar-refractivity contribution in [3.8, 4) is 6.07 Å². The third-order valence-electron chi connectivity index (χ3n) is 4.26. The maximum atomic E-state index is 12.9. The monoisotopic (exact) mass is 390 g/mol. The highest BCUT2D eigenvalue weighted by molar-refractivity contribution is 6.31. The Morgan fingerprint density at radius 1 is 1.25 bits per heavy atom. The fourth-order valence-corrected chi connectivity index (χ4v) is 3.02. The fraction of sp³-hybridized carbons (Fsp3) is 0.136. The summed E-state index contributed by atoms with van der Waals surface area (Å²) in [6.45, 7) is 5.07. The molecule has 0 atom stereocenters. The molecule has 3 aromatic rings. The van der Waals surface area contributed by atoms with Gasteiger partial charge >= 0.3 is 0 Å². The summed E-state index contributed by atoms with van der Waals surface area (Å²) in [5.41, 5.74) is 2.97. The van der Waals surface area contributed by atoms with Crippen LogP contribution >= 0.6 is 11.6 Å². The molecule has 5 nitrogen and oxygen atoms in total. The van der Waals surface area contributed by atoms with Crippen molar-refractivity contribution < 1.29 is 4.79 Å². The number of halogens is 1. The molecule has 0 fully saturated rings. The Morgan fingerprint density at radius 3 is 2.68 bits per heavy atom. The summed E-state index contributed by atoms with van der Waals surface area (Å²) in [5, 5.41) is 13.9. The second-order valence-electron chi connectivity index (χ2n) is 6.30. The molecule has 6 heteroatoms. The molecule has 0 bridgehead atoms. The van der Waals surface area contributed by atoms with Crippen molar-refractivity contribution in [2.45, 2.75) is 13.1 Å². The maximum absolute atomic E-state index is 12.9. The van der Waals surface area contributed by atoms with Gasteiger partial charge in [-0.3, -0.25) is 9.48 Å². The smallest absolute Gasteiger partial charge is 0.257 e. The molecule has 0 radical (unpaired) electrons. The average Bonchev–Trinajstić information content (AvgIpc) is 3.18. The first-order valence-corrected chi connectivity index (χ1v) is 9.13. The van der Waals surface area contributed by atoms with Crippen LogP contribution in [-0.2, 0) is 13.1 Å². The van der Waals surface area contributed by atoms with Gasteiger partial charge in [0.2, 0.25) is 0 Å². The van der Waals surface area contributed by atoms with Crippen molar-refractivity contribution in [1.29, 1.82) is 5.26 Å². The van der Waals surface area contributed by atoms with Crippen molar-refractivity contribution in [3.05, 3.63) is 101 Å². The van der Waals surface area contributed by atoms with E-state index in [1.165, 1.54) is 0 Å². The molecule has 0 saturated heterocycles. The van der Waals surface area contributed by atoms with Crippen LogP contribution in [0.25, 0.3) is 0 Å². The summed E-state index contributed by atoms with van der Waals surface area (Å²) in [4.78, 5) is 14.6. The van der Waals surface area contributed by atoms with E-state index in [0.29, 0.717) is 35.8 Å². The van der Waals surface area contributed by atoms with E-state index in [1.54, 1.807) is 40.2 Å². The van der Waals surface area contributed by atoms with Gasteiger partial charge in [-0.2, -0.15) is 10.4 Å². The van der Waals surface area contributed by atoms with Crippen LogP contribution in [0.3, 0.4) is 0 Å². The standard InChI is InChI=1S/C22H19ClN4O/c1-2-11-26(14-18-9-7-17(12-24)8-10-18)22(28)20-13-25-27(16-20)15-19-5-3-4-6-21(19)23/h2-10,13,16H,1,11,14-15H2. The molecule has 0 saturated carbocycles. The summed E-state index contributed by atoms with van der Waals surface area (Å²) in [6.07, 6.45) is 4.98. The molecule has 3 rings (SSSR count). The number of benzene rings is 2. The Labute approximate surface area is 169 Å². The average molecular weight is 391 g/mol. The van der Waals surface area contributed by atoms with E-state index in [0.717, 1.165) is 11.1 Å². The highest BCUT2D eigenvalue weighted by atomic mass is 35.5. The molecule has 0 aliphatic heterocycles. The summed E-state index contributed by atoms with van der Waals surface area (Å²) in [7, 11) is 0. The second kappa shape index (κ2) is 9.03. The number of carbonyl (C=O) groups excluding carboxylic acids is 1. The minimum absolute atomic E-state index is 0.130. The largest absolute Gasteiger partial charge is 0.331 e. The van der Waals surface area contributed by atoms with Crippen LogP contribution in [0.2, 0.25) is 5.02 Å². The van der Waals surface area contributed by atoms with Gasteiger partial charge < -0.3 is 4.90 Å². The summed E-state index contributed by atoms with van der Waals surface area (Å²) in [6, 6.07) is 16.8. The lowest BCUT2D eigenvalue weighted by Gasteiger charge is -2.20. The number of hydrogen-bond acceptors (Lipinski definition) is 3. The van der Waals surface area contributed by atoms with Crippen molar-refractivity contribution >= 4 is 17.5 Å². The third-order valence-corrected chi connectivity index (χ3v) is 4.63. The quantitative estimate of drug-likeness (QED) is 0.565. The van der Waals surface area contributed by atoms with Gasteiger partial charge in [0.05, 0.1) is 29.9 Å². The second-order valence-corrected chi connectivity index (χ2v) is 6.71. The van der Waals surface area contributed by atoms with Crippen LogP contribution in [0.1, 0.15) is 27.0 Å². The number of nitriles is 1. The summed E-state index contributed by atoms with van der Waals surface area (Å²) in [5.74, 6) is -0.130. The number of hydrogen-bond donors (Lipinski definition) is 0. The van der Waals surface area contributed by atoms with Gasteiger partial charge in [-0.15, -0.1) is 6.58 Å². The highest BCUT2D eigenvalue weighted by Crippen LogP contribution is 2.17. The van der Waals surface area contributed by atoms with Crippen LogP contribution in [0.15, 0.2) is 73.6 Å². The number of carbonyl (C=O) groups is 1. The Bertz CT molecular complexity index is 1020. The Kier molecular flexibility index (Phi) is 6.25. The van der Waals surface area contributed by atoms with E-state index in [1.807, 2.05) is 36.4 Å². The van der Waals surface area contributed by atoms with Crippen LogP contribution in [-0.4, -0.2) is 27.1 Å². The molecule has 0 aliphatic rings. The number of nitrogens with zero attached hydrogens (tertiary/aromatic N) is 4. The Balaban J connectivity index is 1.74. The van der Waals surface area contributed by atoms with Gasteiger partial charge in [0, 0.05) is 24.3 Å². The van der Waals surface area contributed by atoms with E-state index in [-0.39, 0.29) is 5.91 Å². The van der Waals surface area contributed by atoms with E-state index in [4.69, 9.17) is 16.9 Å². The van der Waals surface area contributed by atoms with Crippen LogP contribution in [0, 0.1) is 11.3 Å². The fourth-order valence-electron chi connectivity index (χ4n) is 2.82. The molecular formula is C22H19ClN4O. The number of aromatic nitrogens is 2. The molecule has 1 heterocycles. The van der Waals surface area contributed by atoms with Crippen molar-refractivity contribution in [2.75, 3.05) is 6.54 Å². The first-order valence-electron chi connectivity index (χ1n) is 8.76. The predicted octanol–water partition coefficient (Wildman–Crippen LogP) is 4.28. The Hall–Kier alpha value is -3.36. The minimum atomic E-state index is -0.130. The zero-order chi connectivity index (χ0) is 19.9. The lowest BCUT2D eigenvalue weighted by Crippen LogP contribution is -2.30. The van der Waals surface area contributed by atoms with E-state index >= 15 is 0 Å². The molecule has 140 valence electrons. The third kappa shape index (κ3) is 4.67. The van der Waals surface area contributed by atoms with Crippen molar-refractivity contribution in [3.63, 3.8) is 0 Å². The molecular weight excluding hydrogens is 372 g/mol. The zero-order valence-electron chi connectivity index (χ0n) is 15.3. The van der Waals surface area contributed by atoms with Crippen molar-refractivity contribution in [1.82, 2.24) is 14.7 Å². The van der Waals surface area contributed by atoms with E-state index < -0.39 is 0 Å². The number of amides is 1. The van der Waals surface area contributed by atoms with Gasteiger partial charge in [0.1, 0.15) is 0 Å². The molecule has 1 aromatic heterocycles. The zero-order valence-corrected chi connectivity index (χ0v) is 16.0. The van der Waals surface area contributed by atoms with Gasteiger partial charge in [0.25, 0.3) is 5.91 Å². The Morgan fingerprint density at radius 2 is 2.00 bits per heavy atom. The topological polar surface area (TPSA) is 61.9 Å². The van der Waals surface area contributed by atoms with Gasteiger partial charge in [-0.05, 0) is 29.3 Å². The van der Waals surface area contributed by atoms with Gasteiger partial charge in [-0.25, -0.2) is 0 Å². The number of rotatable bonds is 7. The molecule has 0 N–H and O–H groups in total. The molecule has 28 heavy (non-hydrogen) atoms. The first-order chi connectivity index (χ1) is 13.6. The molecule has 0 spiro atoms. The van der Waals surface area contributed by atoms with Crippen LogP contribution < -0.4 is 0 Å². The van der Waals surface area contributed by atoms with Crippen LogP contribution in [0.4, 0.5) is 0 Å². The molecule has 0 aliphatic carbocycles. The van der Waals surface area contributed by atoms with E-state index in [2.05, 4.69) is 17.7 Å². The highest BCUT2D eigenvalue weighted by Gasteiger charge is 2.17. The SMILES string of the molecule is C=CCN(Cc1ccc(C#N)cc1)C(=O)c1cnn(Cc2ccccc2Cl)c1. The summed E-state index contributed by atoms with van der Waals surface area (Å²) < 4.78 is 1.70. The lowest BCUT2D eigenvalue weighted by atomic mass is 10.1.